The Morgan fingerprint density at radius 2 is 1.71 bits per heavy atom. The summed E-state index contributed by atoms with van der Waals surface area (Å²) in [5.74, 6) is 0.741. The normalized spacial score (nSPS) is 11.2. The van der Waals surface area contributed by atoms with E-state index < -0.39 is 10.0 Å². The molecule has 0 aromatic heterocycles. The van der Waals surface area contributed by atoms with Crippen LogP contribution in [0.4, 0.5) is 0 Å². The largest absolute Gasteiger partial charge is 0.493 e. The van der Waals surface area contributed by atoms with Gasteiger partial charge in [0.15, 0.2) is 18.1 Å². The van der Waals surface area contributed by atoms with Crippen LogP contribution in [0.5, 0.6) is 11.5 Å². The molecule has 0 bridgehead atoms. The smallest absolute Gasteiger partial charge is 0.258 e. The number of nitrogens with one attached hydrogen (secondary N) is 1. The molecule has 7 nitrogen and oxygen atoms in total. The molecule has 0 aliphatic carbocycles. The van der Waals surface area contributed by atoms with E-state index in [1.54, 1.807) is 57.4 Å². The zero-order chi connectivity index (χ0) is 22.9. The number of carbonyl (C=O) groups excluding carboxylic acids is 1. The van der Waals surface area contributed by atoms with E-state index in [0.717, 1.165) is 11.1 Å². The second-order valence-corrected chi connectivity index (χ2v) is 8.71. The van der Waals surface area contributed by atoms with E-state index in [1.165, 1.54) is 4.31 Å². The average Bonchev–Trinajstić information content (AvgIpc) is 2.77. The Bertz CT molecular complexity index is 984. The minimum atomic E-state index is -3.49. The highest BCUT2D eigenvalue weighted by Gasteiger charge is 2.21. The number of rotatable bonds is 12. The van der Waals surface area contributed by atoms with Crippen molar-refractivity contribution in [2.45, 2.75) is 31.7 Å². The van der Waals surface area contributed by atoms with Crippen LogP contribution in [0.15, 0.2) is 60.0 Å². The van der Waals surface area contributed by atoms with Crippen LogP contribution in [0, 0.1) is 0 Å². The van der Waals surface area contributed by atoms with Crippen molar-refractivity contribution in [3.8, 4) is 11.5 Å². The molecule has 0 radical (unpaired) electrons. The van der Waals surface area contributed by atoms with Gasteiger partial charge in [0, 0.05) is 19.6 Å². The maximum absolute atomic E-state index is 12.5. The maximum Gasteiger partial charge on any atom is 0.258 e. The lowest BCUT2D eigenvalue weighted by atomic mass is 10.1. The summed E-state index contributed by atoms with van der Waals surface area (Å²) in [6.07, 6.45) is 2.51. The fourth-order valence-electron chi connectivity index (χ4n) is 3.01. The second-order valence-electron chi connectivity index (χ2n) is 6.78. The highest BCUT2D eigenvalue weighted by molar-refractivity contribution is 7.89. The third-order valence-electron chi connectivity index (χ3n) is 4.72. The molecule has 2 aromatic rings. The number of amides is 1. The third-order valence-corrected chi connectivity index (χ3v) is 6.79. The van der Waals surface area contributed by atoms with Crippen LogP contribution in [-0.2, 0) is 27.8 Å². The van der Waals surface area contributed by atoms with Crippen LogP contribution in [0.2, 0.25) is 0 Å². The van der Waals surface area contributed by atoms with Gasteiger partial charge in [-0.3, -0.25) is 4.79 Å². The second kappa shape index (κ2) is 11.5. The van der Waals surface area contributed by atoms with Crippen molar-refractivity contribution in [3.05, 3.63) is 66.2 Å². The average molecular weight is 447 g/mol. The number of methoxy groups -OCH3 is 1. The Morgan fingerprint density at radius 1 is 1.06 bits per heavy atom. The minimum absolute atomic E-state index is 0.161. The Labute approximate surface area is 184 Å². The van der Waals surface area contributed by atoms with Gasteiger partial charge in [0.2, 0.25) is 10.0 Å². The van der Waals surface area contributed by atoms with Crippen LogP contribution in [0.1, 0.15) is 25.0 Å². The first-order valence-corrected chi connectivity index (χ1v) is 11.6. The molecule has 0 spiro atoms. The van der Waals surface area contributed by atoms with Gasteiger partial charge < -0.3 is 14.8 Å². The molecule has 0 saturated heterocycles. The number of allylic oxidation sites excluding steroid dienone is 1. The van der Waals surface area contributed by atoms with Crippen LogP contribution in [-0.4, -0.2) is 45.4 Å². The van der Waals surface area contributed by atoms with Gasteiger partial charge in [0.1, 0.15) is 0 Å². The lowest BCUT2D eigenvalue weighted by molar-refractivity contribution is -0.123. The zero-order valence-electron chi connectivity index (χ0n) is 18.3. The van der Waals surface area contributed by atoms with E-state index in [-0.39, 0.29) is 24.0 Å². The summed E-state index contributed by atoms with van der Waals surface area (Å²) in [7, 11) is -1.95. The summed E-state index contributed by atoms with van der Waals surface area (Å²) in [6, 6.07) is 12.0. The van der Waals surface area contributed by atoms with Crippen LogP contribution in [0.3, 0.4) is 0 Å². The predicted octanol–water partition coefficient (Wildman–Crippen LogP) is 3.15. The van der Waals surface area contributed by atoms with E-state index in [2.05, 4.69) is 11.9 Å². The van der Waals surface area contributed by atoms with Crippen molar-refractivity contribution < 1.29 is 22.7 Å². The quantitative estimate of drug-likeness (QED) is 0.506. The standard InChI is InChI=1S/C23H30N2O5S/c1-5-8-18-11-14-21(22(15-18)29-4)30-17-23(26)24-16-19-9-12-20(13-10-19)31(27,28)25(6-2)7-3/h5,9-15H,1,6-8,16-17H2,2-4H3,(H,24,26). The molecule has 0 unspecified atom stereocenters. The van der Waals surface area contributed by atoms with E-state index in [1.807, 2.05) is 12.1 Å². The van der Waals surface area contributed by atoms with Gasteiger partial charge in [-0.15, -0.1) is 6.58 Å². The van der Waals surface area contributed by atoms with Crippen LogP contribution < -0.4 is 14.8 Å². The van der Waals surface area contributed by atoms with E-state index in [0.29, 0.717) is 31.0 Å². The lowest BCUT2D eigenvalue weighted by Crippen LogP contribution is -2.30. The summed E-state index contributed by atoms with van der Waals surface area (Å²) >= 11 is 0. The summed E-state index contributed by atoms with van der Waals surface area (Å²) in [5.41, 5.74) is 1.83. The van der Waals surface area contributed by atoms with Crippen molar-refractivity contribution >= 4 is 15.9 Å². The highest BCUT2D eigenvalue weighted by Crippen LogP contribution is 2.28. The molecule has 2 rings (SSSR count). The molecule has 8 heteroatoms. The number of benzene rings is 2. The highest BCUT2D eigenvalue weighted by atomic mass is 32.2. The third kappa shape index (κ3) is 6.57. The summed E-state index contributed by atoms with van der Waals surface area (Å²) in [5, 5.41) is 2.76. The van der Waals surface area contributed by atoms with Crippen molar-refractivity contribution in [2.24, 2.45) is 0 Å². The van der Waals surface area contributed by atoms with Crippen molar-refractivity contribution in [3.63, 3.8) is 0 Å². The van der Waals surface area contributed by atoms with Gasteiger partial charge in [-0.25, -0.2) is 8.42 Å². The molecule has 0 saturated carbocycles. The number of ether oxygens (including phenoxy) is 2. The van der Waals surface area contributed by atoms with E-state index >= 15 is 0 Å². The molecule has 1 N–H and O–H groups in total. The number of hydrogen-bond acceptors (Lipinski definition) is 5. The molecular formula is C23H30N2O5S. The first-order chi connectivity index (χ1) is 14.8. The molecule has 0 atom stereocenters. The Kier molecular flexibility index (Phi) is 9.08. The summed E-state index contributed by atoms with van der Waals surface area (Å²) in [4.78, 5) is 12.4. The fourth-order valence-corrected chi connectivity index (χ4v) is 4.47. The van der Waals surface area contributed by atoms with Crippen LogP contribution in [0.25, 0.3) is 0 Å². The Hall–Kier alpha value is -2.84. The zero-order valence-corrected chi connectivity index (χ0v) is 19.1. The Morgan fingerprint density at radius 3 is 2.29 bits per heavy atom. The van der Waals surface area contributed by atoms with Gasteiger partial charge >= 0.3 is 0 Å². The van der Waals surface area contributed by atoms with Gasteiger partial charge in [0.25, 0.3) is 5.91 Å². The SMILES string of the molecule is C=CCc1ccc(OCC(=O)NCc2ccc(S(=O)(=O)N(CC)CC)cc2)c(OC)c1. The van der Waals surface area contributed by atoms with Gasteiger partial charge in [0.05, 0.1) is 12.0 Å². The van der Waals surface area contributed by atoms with Crippen LogP contribution >= 0.6 is 0 Å². The molecule has 0 aliphatic rings. The molecular weight excluding hydrogens is 416 g/mol. The monoisotopic (exact) mass is 446 g/mol. The molecule has 0 fully saturated rings. The number of hydrogen-bond donors (Lipinski definition) is 1. The Balaban J connectivity index is 1.91. The van der Waals surface area contributed by atoms with Crippen molar-refractivity contribution in [2.75, 3.05) is 26.8 Å². The fraction of sp³-hybridized carbons (Fsp3) is 0.348. The molecule has 2 aromatic carbocycles. The predicted molar refractivity (Wildman–Crippen MR) is 121 cm³/mol. The van der Waals surface area contributed by atoms with Gasteiger partial charge in [-0.1, -0.05) is 38.1 Å². The van der Waals surface area contributed by atoms with Gasteiger partial charge in [-0.2, -0.15) is 4.31 Å². The molecule has 0 aliphatic heterocycles. The topological polar surface area (TPSA) is 84.9 Å². The minimum Gasteiger partial charge on any atom is -0.493 e. The maximum atomic E-state index is 12.5. The first kappa shape index (κ1) is 24.4. The lowest BCUT2D eigenvalue weighted by Gasteiger charge is -2.18. The van der Waals surface area contributed by atoms with Crippen molar-refractivity contribution in [1.29, 1.82) is 0 Å². The summed E-state index contributed by atoms with van der Waals surface area (Å²) in [6.45, 7) is 8.26. The van der Waals surface area contributed by atoms with E-state index in [4.69, 9.17) is 9.47 Å². The number of sulfonamides is 1. The first-order valence-electron chi connectivity index (χ1n) is 10.1. The van der Waals surface area contributed by atoms with Gasteiger partial charge in [-0.05, 0) is 41.8 Å². The van der Waals surface area contributed by atoms with E-state index in [9.17, 15) is 13.2 Å². The molecule has 168 valence electrons. The number of nitrogens with zero attached hydrogens (tertiary/aromatic N) is 1. The molecule has 1 amide bonds. The number of carbonyl (C=O) groups is 1. The molecule has 0 heterocycles. The molecule has 31 heavy (non-hydrogen) atoms. The van der Waals surface area contributed by atoms with Crippen molar-refractivity contribution in [1.82, 2.24) is 9.62 Å². The summed E-state index contributed by atoms with van der Waals surface area (Å²) < 4.78 is 37.4.